The number of anilines is 1. The summed E-state index contributed by atoms with van der Waals surface area (Å²) in [5.74, 6) is -0.848. The van der Waals surface area contributed by atoms with Crippen molar-refractivity contribution in [3.8, 4) is 5.75 Å². The number of imidazole rings is 1. The van der Waals surface area contributed by atoms with Gasteiger partial charge in [-0.2, -0.15) is 0 Å². The van der Waals surface area contributed by atoms with E-state index in [1.54, 1.807) is 43.6 Å². The number of phenols is 1. The Balaban J connectivity index is 1.89. The standard InChI is InChI=1S/C18H14ClN3O3/c1-9-16(12-6-10(19)2-5-15(12)23)22(18(25)17(9)24)11-3-4-13-14(7-11)21-8-20-13/h2-8,16,23-24H,1H3,(H,20,21). The average Bonchev–Trinajstić information content (AvgIpc) is 3.15. The molecule has 0 saturated carbocycles. The minimum Gasteiger partial charge on any atom is -0.508 e. The molecular formula is C18H14ClN3O3. The monoisotopic (exact) mass is 355 g/mol. The number of fused-ring (bicyclic) bond motifs is 1. The van der Waals surface area contributed by atoms with Gasteiger partial charge in [-0.3, -0.25) is 9.69 Å². The van der Waals surface area contributed by atoms with E-state index in [2.05, 4.69) is 9.97 Å². The molecule has 1 aliphatic rings. The molecule has 1 amide bonds. The zero-order chi connectivity index (χ0) is 17.7. The van der Waals surface area contributed by atoms with Crippen LogP contribution in [0.5, 0.6) is 5.75 Å². The fourth-order valence-electron chi connectivity index (χ4n) is 3.18. The molecule has 4 rings (SSSR count). The number of hydrogen-bond acceptors (Lipinski definition) is 4. The summed E-state index contributed by atoms with van der Waals surface area (Å²) in [6.45, 7) is 1.66. The van der Waals surface area contributed by atoms with Gasteiger partial charge in [0.2, 0.25) is 0 Å². The maximum atomic E-state index is 12.6. The van der Waals surface area contributed by atoms with Crippen molar-refractivity contribution in [2.24, 2.45) is 0 Å². The van der Waals surface area contributed by atoms with Gasteiger partial charge >= 0.3 is 0 Å². The van der Waals surface area contributed by atoms with Crippen LogP contribution in [0.3, 0.4) is 0 Å². The molecule has 1 aliphatic heterocycles. The summed E-state index contributed by atoms with van der Waals surface area (Å²) in [7, 11) is 0. The number of rotatable bonds is 2. The lowest BCUT2D eigenvalue weighted by atomic mass is 9.99. The van der Waals surface area contributed by atoms with Crippen LogP contribution in [0, 0.1) is 0 Å². The van der Waals surface area contributed by atoms with Crippen molar-refractivity contribution in [2.45, 2.75) is 13.0 Å². The summed E-state index contributed by atoms with van der Waals surface area (Å²) in [5.41, 5.74) is 3.02. The highest BCUT2D eigenvalue weighted by Gasteiger charge is 2.40. The van der Waals surface area contributed by atoms with Gasteiger partial charge in [0, 0.05) is 21.8 Å². The third-order valence-electron chi connectivity index (χ3n) is 4.43. The van der Waals surface area contributed by atoms with Crippen molar-refractivity contribution in [3.63, 3.8) is 0 Å². The zero-order valence-electron chi connectivity index (χ0n) is 13.2. The van der Waals surface area contributed by atoms with Crippen LogP contribution in [-0.4, -0.2) is 26.1 Å². The smallest absolute Gasteiger partial charge is 0.293 e. The lowest BCUT2D eigenvalue weighted by Gasteiger charge is -2.27. The molecule has 1 unspecified atom stereocenters. The van der Waals surface area contributed by atoms with E-state index < -0.39 is 11.9 Å². The normalized spacial score (nSPS) is 17.8. The molecule has 0 fully saturated rings. The molecular weight excluding hydrogens is 342 g/mol. The Bertz CT molecular complexity index is 1040. The fraction of sp³-hybridized carbons (Fsp3) is 0.111. The molecule has 25 heavy (non-hydrogen) atoms. The van der Waals surface area contributed by atoms with Crippen LogP contribution in [0.4, 0.5) is 5.69 Å². The Labute approximate surface area is 148 Å². The highest BCUT2D eigenvalue weighted by molar-refractivity contribution is 6.30. The second kappa shape index (κ2) is 5.53. The second-order valence-electron chi connectivity index (χ2n) is 5.92. The number of phenolic OH excluding ortho intramolecular Hbond substituents is 1. The van der Waals surface area contributed by atoms with Gasteiger partial charge in [0.05, 0.1) is 23.4 Å². The van der Waals surface area contributed by atoms with E-state index in [0.717, 1.165) is 11.0 Å². The van der Waals surface area contributed by atoms with Crippen LogP contribution in [-0.2, 0) is 4.79 Å². The lowest BCUT2D eigenvalue weighted by molar-refractivity contribution is -0.117. The van der Waals surface area contributed by atoms with E-state index in [0.29, 0.717) is 21.8 Å². The lowest BCUT2D eigenvalue weighted by Crippen LogP contribution is -2.30. The summed E-state index contributed by atoms with van der Waals surface area (Å²) in [6.07, 6.45) is 1.57. The minimum absolute atomic E-state index is 0.00358. The van der Waals surface area contributed by atoms with Crippen molar-refractivity contribution in [1.82, 2.24) is 9.97 Å². The number of carbonyl (C=O) groups excluding carboxylic acids is 1. The van der Waals surface area contributed by atoms with Crippen LogP contribution in [0.1, 0.15) is 18.5 Å². The quantitative estimate of drug-likeness (QED) is 0.651. The summed E-state index contributed by atoms with van der Waals surface area (Å²) >= 11 is 6.07. The molecule has 6 nitrogen and oxygen atoms in total. The Morgan fingerprint density at radius 2 is 2.00 bits per heavy atom. The Hall–Kier alpha value is -2.99. The van der Waals surface area contributed by atoms with Crippen LogP contribution < -0.4 is 4.90 Å². The first-order chi connectivity index (χ1) is 12.0. The zero-order valence-corrected chi connectivity index (χ0v) is 13.9. The van der Waals surface area contributed by atoms with Crippen molar-refractivity contribution < 1.29 is 15.0 Å². The van der Waals surface area contributed by atoms with Crippen LogP contribution in [0.15, 0.2) is 54.1 Å². The molecule has 0 bridgehead atoms. The van der Waals surface area contributed by atoms with Crippen molar-refractivity contribution >= 4 is 34.2 Å². The molecule has 7 heteroatoms. The molecule has 0 saturated heterocycles. The van der Waals surface area contributed by atoms with Crippen molar-refractivity contribution in [2.75, 3.05) is 4.90 Å². The van der Waals surface area contributed by atoms with Gasteiger partial charge < -0.3 is 15.2 Å². The molecule has 2 aromatic carbocycles. The number of aliphatic hydroxyl groups excluding tert-OH is 1. The molecule has 3 aromatic rings. The maximum Gasteiger partial charge on any atom is 0.293 e. The van der Waals surface area contributed by atoms with Crippen LogP contribution in [0.25, 0.3) is 11.0 Å². The van der Waals surface area contributed by atoms with Gasteiger partial charge in [-0.1, -0.05) is 11.6 Å². The molecule has 1 atom stereocenters. The maximum absolute atomic E-state index is 12.6. The van der Waals surface area contributed by atoms with Gasteiger partial charge in [0.1, 0.15) is 5.75 Å². The molecule has 2 heterocycles. The number of H-pyrrole nitrogens is 1. The molecule has 0 aliphatic carbocycles. The fourth-order valence-corrected chi connectivity index (χ4v) is 3.36. The van der Waals surface area contributed by atoms with Crippen molar-refractivity contribution in [1.29, 1.82) is 0 Å². The number of benzene rings is 2. The first kappa shape index (κ1) is 15.5. The van der Waals surface area contributed by atoms with Crippen LogP contribution >= 0.6 is 11.6 Å². The first-order valence-corrected chi connectivity index (χ1v) is 8.00. The van der Waals surface area contributed by atoms with Crippen molar-refractivity contribution in [3.05, 3.63) is 64.6 Å². The van der Waals surface area contributed by atoms with Gasteiger partial charge in [-0.15, -0.1) is 0 Å². The largest absolute Gasteiger partial charge is 0.508 e. The van der Waals surface area contributed by atoms with E-state index in [1.165, 1.54) is 11.0 Å². The molecule has 3 N–H and O–H groups in total. The highest BCUT2D eigenvalue weighted by atomic mass is 35.5. The number of nitrogens with zero attached hydrogens (tertiary/aromatic N) is 2. The number of halogens is 1. The summed E-state index contributed by atoms with van der Waals surface area (Å²) in [4.78, 5) is 21.3. The number of aromatic amines is 1. The molecule has 1 aromatic heterocycles. The molecule has 0 spiro atoms. The minimum atomic E-state index is -0.647. The molecule has 126 valence electrons. The number of aromatic nitrogens is 2. The summed E-state index contributed by atoms with van der Waals surface area (Å²) < 4.78 is 0. The van der Waals surface area contributed by atoms with E-state index >= 15 is 0 Å². The highest BCUT2D eigenvalue weighted by Crippen LogP contribution is 2.44. The third kappa shape index (κ3) is 2.34. The number of aromatic hydroxyl groups is 1. The van der Waals surface area contributed by atoms with E-state index in [1.807, 2.05) is 0 Å². The number of carbonyl (C=O) groups is 1. The Kier molecular flexibility index (Phi) is 3.43. The predicted molar refractivity (Wildman–Crippen MR) is 94.8 cm³/mol. The first-order valence-electron chi connectivity index (χ1n) is 7.62. The third-order valence-corrected chi connectivity index (χ3v) is 4.66. The Morgan fingerprint density at radius 3 is 2.80 bits per heavy atom. The van der Waals surface area contributed by atoms with Gasteiger partial charge in [-0.25, -0.2) is 4.98 Å². The molecule has 0 radical (unpaired) electrons. The predicted octanol–water partition coefficient (Wildman–Crippen LogP) is 3.84. The second-order valence-corrected chi connectivity index (χ2v) is 6.35. The van der Waals surface area contributed by atoms with E-state index in [-0.39, 0.29) is 11.5 Å². The van der Waals surface area contributed by atoms with Crippen LogP contribution in [0.2, 0.25) is 5.02 Å². The average molecular weight is 356 g/mol. The topological polar surface area (TPSA) is 89.5 Å². The number of amides is 1. The van der Waals surface area contributed by atoms with Gasteiger partial charge in [0.15, 0.2) is 5.76 Å². The number of hydrogen-bond donors (Lipinski definition) is 3. The SMILES string of the molecule is CC1=C(O)C(=O)N(c2ccc3nc[nH]c3c2)C1c1cc(Cl)ccc1O. The summed E-state index contributed by atoms with van der Waals surface area (Å²) in [5, 5.41) is 20.9. The summed E-state index contributed by atoms with van der Waals surface area (Å²) in [6, 6.07) is 9.30. The van der Waals surface area contributed by atoms with Gasteiger partial charge in [-0.05, 0) is 43.3 Å². The number of nitrogens with one attached hydrogen (secondary N) is 1. The van der Waals surface area contributed by atoms with Gasteiger partial charge in [0.25, 0.3) is 5.91 Å². The van der Waals surface area contributed by atoms with E-state index in [9.17, 15) is 15.0 Å². The van der Waals surface area contributed by atoms with E-state index in [4.69, 9.17) is 11.6 Å². The number of aliphatic hydroxyl groups is 1. The Morgan fingerprint density at radius 1 is 1.20 bits per heavy atom.